The summed E-state index contributed by atoms with van der Waals surface area (Å²) in [6.07, 6.45) is 10.00. The molecule has 2 aliphatic rings. The van der Waals surface area contributed by atoms with Gasteiger partial charge in [-0.15, -0.1) is 0 Å². The van der Waals surface area contributed by atoms with Crippen molar-refractivity contribution in [1.82, 2.24) is 4.31 Å². The SMILES string of the molecule is COc1cc2c3c(c1OC)CCCCCCCC3N(S(=O)(=O)c1ccc([N+](=O)[O-])cc1)C=C2. The molecule has 1 heterocycles. The topological polar surface area (TPSA) is 99.0 Å². The molecule has 176 valence electrons. The van der Waals surface area contributed by atoms with E-state index in [1.807, 2.05) is 6.07 Å². The zero-order valence-corrected chi connectivity index (χ0v) is 19.6. The van der Waals surface area contributed by atoms with E-state index in [2.05, 4.69) is 0 Å². The van der Waals surface area contributed by atoms with Gasteiger partial charge in [0, 0.05) is 23.9 Å². The third-order valence-corrected chi connectivity index (χ3v) is 8.21. The number of nitro groups is 1. The van der Waals surface area contributed by atoms with Gasteiger partial charge >= 0.3 is 0 Å². The highest BCUT2D eigenvalue weighted by molar-refractivity contribution is 7.89. The zero-order valence-electron chi connectivity index (χ0n) is 18.8. The molecule has 2 aromatic carbocycles. The van der Waals surface area contributed by atoms with Crippen LogP contribution in [0, 0.1) is 10.1 Å². The number of hydrogen-bond donors (Lipinski definition) is 0. The van der Waals surface area contributed by atoms with Crippen LogP contribution in [-0.4, -0.2) is 31.9 Å². The average molecular weight is 473 g/mol. The number of ether oxygens (including phenoxy) is 2. The molecule has 0 aromatic heterocycles. The molecule has 1 unspecified atom stereocenters. The highest BCUT2D eigenvalue weighted by Crippen LogP contribution is 2.47. The van der Waals surface area contributed by atoms with Gasteiger partial charge in [-0.25, -0.2) is 8.42 Å². The van der Waals surface area contributed by atoms with E-state index in [0.29, 0.717) is 17.9 Å². The van der Waals surface area contributed by atoms with Crippen molar-refractivity contribution in [1.29, 1.82) is 0 Å². The summed E-state index contributed by atoms with van der Waals surface area (Å²) in [5.74, 6) is 1.29. The van der Waals surface area contributed by atoms with E-state index in [9.17, 15) is 18.5 Å². The van der Waals surface area contributed by atoms with Crippen molar-refractivity contribution in [3.8, 4) is 11.5 Å². The molecule has 0 spiro atoms. The molecular formula is C24H28N2O6S. The Balaban J connectivity index is 1.85. The molecule has 8 nitrogen and oxygen atoms in total. The third-order valence-electron chi connectivity index (χ3n) is 6.41. The number of nitro benzene ring substituents is 1. The van der Waals surface area contributed by atoms with Crippen molar-refractivity contribution >= 4 is 21.8 Å². The molecule has 4 rings (SSSR count). The lowest BCUT2D eigenvalue weighted by atomic mass is 9.85. The Morgan fingerprint density at radius 2 is 1.73 bits per heavy atom. The van der Waals surface area contributed by atoms with Crippen LogP contribution in [0.3, 0.4) is 0 Å². The van der Waals surface area contributed by atoms with Gasteiger partial charge in [-0.05, 0) is 54.7 Å². The number of hydrogen-bond acceptors (Lipinski definition) is 6. The van der Waals surface area contributed by atoms with Crippen LogP contribution in [0.2, 0.25) is 0 Å². The van der Waals surface area contributed by atoms with E-state index in [1.165, 1.54) is 28.6 Å². The summed E-state index contributed by atoms with van der Waals surface area (Å²) < 4.78 is 40.0. The van der Waals surface area contributed by atoms with Crippen molar-refractivity contribution < 1.29 is 22.8 Å². The lowest BCUT2D eigenvalue weighted by molar-refractivity contribution is -0.384. The predicted octanol–water partition coefficient (Wildman–Crippen LogP) is 5.23. The van der Waals surface area contributed by atoms with E-state index in [0.717, 1.165) is 55.2 Å². The Hall–Kier alpha value is -3.07. The summed E-state index contributed by atoms with van der Waals surface area (Å²) in [4.78, 5) is 10.5. The number of nitrogens with zero attached hydrogens (tertiary/aromatic N) is 2. The highest BCUT2D eigenvalue weighted by atomic mass is 32.2. The van der Waals surface area contributed by atoms with Gasteiger partial charge < -0.3 is 9.47 Å². The molecule has 0 saturated carbocycles. The molecule has 33 heavy (non-hydrogen) atoms. The van der Waals surface area contributed by atoms with Gasteiger partial charge in [0.05, 0.1) is 30.1 Å². The van der Waals surface area contributed by atoms with Gasteiger partial charge in [0.25, 0.3) is 15.7 Å². The number of rotatable bonds is 5. The molecule has 1 aliphatic heterocycles. The molecule has 1 atom stereocenters. The van der Waals surface area contributed by atoms with Crippen LogP contribution in [0.4, 0.5) is 5.69 Å². The van der Waals surface area contributed by atoms with Gasteiger partial charge in [-0.2, -0.15) is 0 Å². The first kappa shape index (κ1) is 23.1. The lowest BCUT2D eigenvalue weighted by Crippen LogP contribution is -2.33. The number of methoxy groups -OCH3 is 2. The summed E-state index contributed by atoms with van der Waals surface area (Å²) in [6.45, 7) is 0. The van der Waals surface area contributed by atoms with Crippen LogP contribution in [0.5, 0.6) is 11.5 Å². The van der Waals surface area contributed by atoms with Crippen molar-refractivity contribution in [2.75, 3.05) is 14.2 Å². The zero-order chi connectivity index (χ0) is 23.6. The van der Waals surface area contributed by atoms with Crippen molar-refractivity contribution in [3.05, 3.63) is 63.3 Å². The minimum absolute atomic E-state index is 0.0281. The van der Waals surface area contributed by atoms with Gasteiger partial charge in [0.1, 0.15) is 0 Å². The fourth-order valence-electron chi connectivity index (χ4n) is 4.82. The highest BCUT2D eigenvalue weighted by Gasteiger charge is 2.36. The lowest BCUT2D eigenvalue weighted by Gasteiger charge is -2.36. The van der Waals surface area contributed by atoms with E-state index >= 15 is 0 Å². The van der Waals surface area contributed by atoms with E-state index in [1.54, 1.807) is 26.5 Å². The number of sulfonamides is 1. The fraction of sp³-hybridized carbons (Fsp3) is 0.417. The molecule has 0 radical (unpaired) electrons. The van der Waals surface area contributed by atoms with Crippen LogP contribution >= 0.6 is 0 Å². The molecule has 1 aliphatic carbocycles. The minimum Gasteiger partial charge on any atom is -0.493 e. The molecule has 0 amide bonds. The summed E-state index contributed by atoms with van der Waals surface area (Å²) in [7, 11) is -0.710. The Kier molecular flexibility index (Phi) is 6.60. The maximum atomic E-state index is 13.7. The summed E-state index contributed by atoms with van der Waals surface area (Å²) in [5.41, 5.74) is 2.74. The maximum Gasteiger partial charge on any atom is 0.269 e. The van der Waals surface area contributed by atoms with Crippen LogP contribution in [0.15, 0.2) is 41.4 Å². The smallest absolute Gasteiger partial charge is 0.269 e. The minimum atomic E-state index is -3.92. The second-order valence-electron chi connectivity index (χ2n) is 8.32. The van der Waals surface area contributed by atoms with Crippen molar-refractivity contribution in [2.24, 2.45) is 0 Å². The number of non-ortho nitro benzene ring substituents is 1. The summed E-state index contributed by atoms with van der Waals surface area (Å²) >= 11 is 0. The molecule has 0 fully saturated rings. The molecule has 0 N–H and O–H groups in total. The fourth-order valence-corrected chi connectivity index (χ4v) is 6.31. The third kappa shape index (κ3) is 4.29. The molecule has 9 heteroatoms. The summed E-state index contributed by atoms with van der Waals surface area (Å²) in [5, 5.41) is 11.0. The van der Waals surface area contributed by atoms with Crippen LogP contribution in [0.1, 0.15) is 61.3 Å². The maximum absolute atomic E-state index is 13.7. The predicted molar refractivity (Wildman–Crippen MR) is 125 cm³/mol. The van der Waals surface area contributed by atoms with Crippen LogP contribution < -0.4 is 9.47 Å². The van der Waals surface area contributed by atoms with Gasteiger partial charge in [0.2, 0.25) is 0 Å². The van der Waals surface area contributed by atoms with Crippen molar-refractivity contribution in [2.45, 2.75) is 55.9 Å². The normalized spacial score (nSPS) is 18.4. The van der Waals surface area contributed by atoms with Gasteiger partial charge in [-0.3, -0.25) is 14.4 Å². The van der Waals surface area contributed by atoms with E-state index in [-0.39, 0.29) is 10.6 Å². The second kappa shape index (κ2) is 9.43. The Bertz CT molecular complexity index is 1170. The standard InChI is InChI=1S/C24H28N2O6S/c1-31-22-16-17-14-15-25(33(29,30)19-12-10-18(11-13-19)26(27)28)21-9-7-5-3-4-6-8-20(23(17)21)24(22)32-2/h10-16,21H,3-9H2,1-2H3. The van der Waals surface area contributed by atoms with Crippen LogP contribution in [0.25, 0.3) is 6.08 Å². The molecule has 2 aromatic rings. The summed E-state index contributed by atoms with van der Waals surface area (Å²) in [6, 6.07) is 6.56. The van der Waals surface area contributed by atoms with Gasteiger partial charge in [-0.1, -0.05) is 25.7 Å². The first-order valence-corrected chi connectivity index (χ1v) is 12.6. The average Bonchev–Trinajstić information content (AvgIpc) is 2.82. The first-order valence-electron chi connectivity index (χ1n) is 11.1. The number of benzene rings is 2. The largest absolute Gasteiger partial charge is 0.493 e. The molecule has 0 bridgehead atoms. The molecular weight excluding hydrogens is 444 g/mol. The van der Waals surface area contributed by atoms with Crippen molar-refractivity contribution in [3.63, 3.8) is 0 Å². The van der Waals surface area contributed by atoms with Crippen LogP contribution in [-0.2, 0) is 16.4 Å². The Morgan fingerprint density at radius 1 is 1.03 bits per heavy atom. The monoisotopic (exact) mass is 472 g/mol. The van der Waals surface area contributed by atoms with Gasteiger partial charge in [0.15, 0.2) is 11.5 Å². The molecule has 0 saturated heterocycles. The first-order chi connectivity index (χ1) is 15.9. The Labute approximate surface area is 194 Å². The van der Waals surface area contributed by atoms with E-state index in [4.69, 9.17) is 9.47 Å². The van der Waals surface area contributed by atoms with E-state index < -0.39 is 21.0 Å². The Morgan fingerprint density at radius 3 is 2.39 bits per heavy atom. The second-order valence-corrected chi connectivity index (χ2v) is 10.2. The quantitative estimate of drug-likeness (QED) is 0.437.